The van der Waals surface area contributed by atoms with E-state index in [4.69, 9.17) is 16.2 Å². The number of hydrogen-bond acceptors (Lipinski definition) is 4. The van der Waals surface area contributed by atoms with E-state index in [9.17, 15) is 4.79 Å². The van der Waals surface area contributed by atoms with E-state index in [1.165, 1.54) is 0 Å². The molecule has 1 rings (SSSR count). The number of carbonyl (C=O) groups is 1. The molecule has 0 bridgehead atoms. The van der Waals surface area contributed by atoms with E-state index in [0.717, 1.165) is 6.42 Å². The summed E-state index contributed by atoms with van der Waals surface area (Å²) < 4.78 is 5.09. The molecule has 5 nitrogen and oxygen atoms in total. The zero-order valence-electron chi connectivity index (χ0n) is 10.2. The second kappa shape index (κ2) is 6.10. The molecule has 0 aliphatic rings. The minimum atomic E-state index is -0.493. The number of primary amides is 1. The summed E-state index contributed by atoms with van der Waals surface area (Å²) in [6.07, 6.45) is 0.861. The Bertz CT molecular complexity index is 393. The van der Waals surface area contributed by atoms with Crippen LogP contribution in [0.25, 0.3) is 0 Å². The van der Waals surface area contributed by atoms with Crippen LogP contribution in [0.15, 0.2) is 18.2 Å². The number of anilines is 2. The van der Waals surface area contributed by atoms with E-state index in [1.807, 2.05) is 6.92 Å². The van der Waals surface area contributed by atoms with Gasteiger partial charge in [-0.05, 0) is 18.6 Å². The highest BCUT2D eigenvalue weighted by molar-refractivity contribution is 6.01. The van der Waals surface area contributed by atoms with Crippen LogP contribution in [0.1, 0.15) is 23.7 Å². The molecular weight excluding hydrogens is 218 g/mol. The molecule has 1 aromatic carbocycles. The normalized spacial score (nSPS) is 12.1. The van der Waals surface area contributed by atoms with Gasteiger partial charge in [-0.15, -0.1) is 0 Å². The number of benzene rings is 1. The van der Waals surface area contributed by atoms with Gasteiger partial charge >= 0.3 is 0 Å². The zero-order valence-corrected chi connectivity index (χ0v) is 10.2. The van der Waals surface area contributed by atoms with Crippen LogP contribution in [0.5, 0.6) is 0 Å². The molecule has 0 heterocycles. The first kappa shape index (κ1) is 13.3. The minimum Gasteiger partial charge on any atom is -0.397 e. The molecule has 0 aromatic heterocycles. The Kier molecular flexibility index (Phi) is 4.78. The van der Waals surface area contributed by atoms with Crippen molar-refractivity contribution in [3.05, 3.63) is 23.8 Å². The number of carbonyl (C=O) groups excluding carboxylic acids is 1. The van der Waals surface area contributed by atoms with Gasteiger partial charge in [-0.25, -0.2) is 0 Å². The molecule has 0 fully saturated rings. The molecule has 17 heavy (non-hydrogen) atoms. The number of para-hydroxylation sites is 1. The van der Waals surface area contributed by atoms with Crippen LogP contribution < -0.4 is 16.8 Å². The number of amides is 1. The molecule has 0 saturated carbocycles. The number of hydrogen-bond donors (Lipinski definition) is 3. The lowest BCUT2D eigenvalue weighted by atomic mass is 10.1. The van der Waals surface area contributed by atoms with E-state index >= 15 is 0 Å². The molecule has 0 radical (unpaired) electrons. The molecule has 94 valence electrons. The number of rotatable bonds is 6. The maximum atomic E-state index is 11.3. The third-order valence-corrected chi connectivity index (χ3v) is 2.57. The molecule has 0 saturated heterocycles. The Morgan fingerprint density at radius 1 is 1.53 bits per heavy atom. The van der Waals surface area contributed by atoms with E-state index in [2.05, 4.69) is 5.32 Å². The fourth-order valence-corrected chi connectivity index (χ4v) is 1.60. The molecule has 1 aromatic rings. The smallest absolute Gasteiger partial charge is 0.250 e. The summed E-state index contributed by atoms with van der Waals surface area (Å²) in [5, 5.41) is 3.20. The van der Waals surface area contributed by atoms with E-state index in [1.54, 1.807) is 25.3 Å². The van der Waals surface area contributed by atoms with Gasteiger partial charge in [0, 0.05) is 13.2 Å². The fourth-order valence-electron chi connectivity index (χ4n) is 1.60. The van der Waals surface area contributed by atoms with E-state index in [0.29, 0.717) is 23.5 Å². The van der Waals surface area contributed by atoms with Gasteiger partial charge in [-0.3, -0.25) is 4.79 Å². The van der Waals surface area contributed by atoms with Crippen molar-refractivity contribution in [1.82, 2.24) is 0 Å². The highest BCUT2D eigenvalue weighted by atomic mass is 16.5. The largest absolute Gasteiger partial charge is 0.397 e. The quantitative estimate of drug-likeness (QED) is 0.648. The van der Waals surface area contributed by atoms with Crippen molar-refractivity contribution in [2.24, 2.45) is 5.73 Å². The lowest BCUT2D eigenvalue weighted by Crippen LogP contribution is -2.26. The summed E-state index contributed by atoms with van der Waals surface area (Å²) in [5.41, 5.74) is 12.7. The molecule has 0 spiro atoms. The van der Waals surface area contributed by atoms with E-state index in [-0.39, 0.29) is 6.04 Å². The van der Waals surface area contributed by atoms with Crippen molar-refractivity contribution >= 4 is 17.3 Å². The van der Waals surface area contributed by atoms with E-state index < -0.39 is 5.91 Å². The van der Waals surface area contributed by atoms with Crippen LogP contribution in [-0.4, -0.2) is 25.7 Å². The number of nitrogens with two attached hydrogens (primary N) is 2. The maximum absolute atomic E-state index is 11.3. The highest BCUT2D eigenvalue weighted by Gasteiger charge is 2.14. The molecule has 1 atom stereocenters. The van der Waals surface area contributed by atoms with Crippen molar-refractivity contribution in [1.29, 1.82) is 0 Å². The molecule has 5 N–H and O–H groups in total. The van der Waals surface area contributed by atoms with Crippen LogP contribution >= 0.6 is 0 Å². The average molecular weight is 237 g/mol. The summed E-state index contributed by atoms with van der Waals surface area (Å²) in [4.78, 5) is 11.3. The van der Waals surface area contributed by atoms with Gasteiger partial charge in [0.05, 0.1) is 23.5 Å². The first-order chi connectivity index (χ1) is 8.10. The van der Waals surface area contributed by atoms with Gasteiger partial charge < -0.3 is 21.5 Å². The van der Waals surface area contributed by atoms with Crippen LogP contribution in [-0.2, 0) is 4.74 Å². The molecule has 5 heteroatoms. The van der Waals surface area contributed by atoms with Gasteiger partial charge in [0.25, 0.3) is 5.91 Å². The van der Waals surface area contributed by atoms with Gasteiger partial charge in [0.15, 0.2) is 0 Å². The molecule has 0 aliphatic heterocycles. The first-order valence-corrected chi connectivity index (χ1v) is 5.53. The van der Waals surface area contributed by atoms with Crippen LogP contribution in [0.4, 0.5) is 11.4 Å². The first-order valence-electron chi connectivity index (χ1n) is 5.53. The summed E-state index contributed by atoms with van der Waals surface area (Å²) in [6, 6.07) is 5.19. The monoisotopic (exact) mass is 237 g/mol. The number of ether oxygens (including phenoxy) is 1. The lowest BCUT2D eigenvalue weighted by molar-refractivity contribution is 0.100. The number of methoxy groups -OCH3 is 1. The zero-order chi connectivity index (χ0) is 12.8. The maximum Gasteiger partial charge on any atom is 0.250 e. The van der Waals surface area contributed by atoms with Gasteiger partial charge in [-0.2, -0.15) is 0 Å². The van der Waals surface area contributed by atoms with Crippen LogP contribution in [0.2, 0.25) is 0 Å². The topological polar surface area (TPSA) is 90.4 Å². The highest BCUT2D eigenvalue weighted by Crippen LogP contribution is 2.24. The Morgan fingerprint density at radius 3 is 2.76 bits per heavy atom. The standard InChI is InChI=1S/C12H19N3O2/c1-3-8(7-17-2)15-11-9(12(14)16)5-4-6-10(11)13/h4-6,8,15H,3,7,13H2,1-2H3,(H2,14,16). The van der Waals surface area contributed by atoms with Gasteiger partial charge in [0.1, 0.15) is 0 Å². The third kappa shape index (κ3) is 3.35. The SMILES string of the molecule is CCC(COC)Nc1c(N)cccc1C(N)=O. The van der Waals surface area contributed by atoms with Crippen molar-refractivity contribution < 1.29 is 9.53 Å². The summed E-state index contributed by atoms with van der Waals surface area (Å²) in [5.74, 6) is -0.493. The van der Waals surface area contributed by atoms with Crippen molar-refractivity contribution in [3.8, 4) is 0 Å². The van der Waals surface area contributed by atoms with Gasteiger partial charge in [-0.1, -0.05) is 13.0 Å². The predicted octanol–water partition coefficient (Wildman–Crippen LogP) is 1.20. The predicted molar refractivity (Wildman–Crippen MR) is 69.0 cm³/mol. The number of nitrogen functional groups attached to an aromatic ring is 1. The van der Waals surface area contributed by atoms with Crippen molar-refractivity contribution in [2.75, 3.05) is 24.8 Å². The van der Waals surface area contributed by atoms with Crippen LogP contribution in [0.3, 0.4) is 0 Å². The average Bonchev–Trinajstić information content (AvgIpc) is 2.30. The summed E-state index contributed by atoms with van der Waals surface area (Å²) in [7, 11) is 1.63. The minimum absolute atomic E-state index is 0.0998. The second-order valence-electron chi connectivity index (χ2n) is 3.84. The Hall–Kier alpha value is -1.75. The Labute approximate surface area is 101 Å². The Balaban J connectivity index is 2.99. The molecule has 0 aliphatic carbocycles. The molecule has 1 amide bonds. The second-order valence-corrected chi connectivity index (χ2v) is 3.84. The summed E-state index contributed by atoms with van der Waals surface area (Å²) in [6.45, 7) is 2.57. The summed E-state index contributed by atoms with van der Waals surface area (Å²) >= 11 is 0. The van der Waals surface area contributed by atoms with Crippen molar-refractivity contribution in [3.63, 3.8) is 0 Å². The van der Waals surface area contributed by atoms with Gasteiger partial charge in [0.2, 0.25) is 0 Å². The molecule has 1 unspecified atom stereocenters. The third-order valence-electron chi connectivity index (χ3n) is 2.57. The number of nitrogens with one attached hydrogen (secondary N) is 1. The lowest BCUT2D eigenvalue weighted by Gasteiger charge is -2.20. The molecular formula is C12H19N3O2. The Morgan fingerprint density at radius 2 is 2.24 bits per heavy atom. The van der Waals surface area contributed by atoms with Crippen molar-refractivity contribution in [2.45, 2.75) is 19.4 Å². The van der Waals surface area contributed by atoms with Crippen LogP contribution in [0, 0.1) is 0 Å². The fraction of sp³-hybridized carbons (Fsp3) is 0.417.